The highest BCUT2D eigenvalue weighted by atomic mass is 19.1. The summed E-state index contributed by atoms with van der Waals surface area (Å²) in [6.07, 6.45) is 0. The Kier molecular flexibility index (Phi) is 2.91. The molecule has 2 aromatic rings. The summed E-state index contributed by atoms with van der Waals surface area (Å²) >= 11 is 0. The maximum absolute atomic E-state index is 12.8. The third-order valence-corrected chi connectivity index (χ3v) is 2.52. The first-order valence-corrected chi connectivity index (χ1v) is 5.18. The van der Waals surface area contributed by atoms with E-state index in [1.54, 1.807) is 12.1 Å². The van der Waals surface area contributed by atoms with Gasteiger partial charge >= 0.3 is 0 Å². The quantitative estimate of drug-likeness (QED) is 0.805. The number of carbonyl (C=O) groups is 1. The van der Waals surface area contributed by atoms with Crippen LogP contribution in [0.1, 0.15) is 21.5 Å². The van der Waals surface area contributed by atoms with Crippen LogP contribution in [0.2, 0.25) is 0 Å². The van der Waals surface area contributed by atoms with Crippen molar-refractivity contribution in [3.05, 3.63) is 65.0 Å². The molecule has 0 fully saturated rings. The Labute approximate surface area is 98.3 Å². The fourth-order valence-electron chi connectivity index (χ4n) is 1.56. The van der Waals surface area contributed by atoms with Crippen LogP contribution < -0.4 is 0 Å². The number of ketones is 1. The number of halogens is 1. The summed E-state index contributed by atoms with van der Waals surface area (Å²) in [5.74, 6) is -1.22. The van der Waals surface area contributed by atoms with Gasteiger partial charge in [-0.05, 0) is 19.1 Å². The van der Waals surface area contributed by atoms with Gasteiger partial charge in [-0.25, -0.2) is 4.39 Å². The van der Waals surface area contributed by atoms with Crippen molar-refractivity contribution in [2.45, 2.75) is 6.92 Å². The van der Waals surface area contributed by atoms with E-state index in [1.165, 1.54) is 6.07 Å². The highest BCUT2D eigenvalue weighted by Crippen LogP contribution is 2.21. The van der Waals surface area contributed by atoms with Crippen LogP contribution in [-0.4, -0.2) is 10.9 Å². The summed E-state index contributed by atoms with van der Waals surface area (Å²) in [6.45, 7) is 1.92. The van der Waals surface area contributed by atoms with Crippen molar-refractivity contribution in [2.75, 3.05) is 0 Å². The Hall–Kier alpha value is -2.16. The molecule has 0 aromatic heterocycles. The van der Waals surface area contributed by atoms with Crippen LogP contribution in [0.3, 0.4) is 0 Å². The fourth-order valence-corrected chi connectivity index (χ4v) is 1.56. The van der Waals surface area contributed by atoms with Crippen LogP contribution >= 0.6 is 0 Å². The lowest BCUT2D eigenvalue weighted by atomic mass is 10.0. The van der Waals surface area contributed by atoms with Gasteiger partial charge in [0.05, 0.1) is 5.56 Å². The number of aromatic hydroxyl groups is 1. The molecular formula is C14H11FO2. The van der Waals surface area contributed by atoms with Crippen molar-refractivity contribution in [2.24, 2.45) is 0 Å². The van der Waals surface area contributed by atoms with Crippen LogP contribution in [0.5, 0.6) is 5.75 Å². The topological polar surface area (TPSA) is 37.3 Å². The first kappa shape index (κ1) is 11.3. The first-order chi connectivity index (χ1) is 8.08. The third kappa shape index (κ3) is 2.33. The monoisotopic (exact) mass is 230 g/mol. The minimum Gasteiger partial charge on any atom is -0.507 e. The van der Waals surface area contributed by atoms with Gasteiger partial charge in [0.1, 0.15) is 11.6 Å². The lowest BCUT2D eigenvalue weighted by Gasteiger charge is -2.04. The van der Waals surface area contributed by atoms with E-state index >= 15 is 0 Å². The Morgan fingerprint density at radius 1 is 1.12 bits per heavy atom. The van der Waals surface area contributed by atoms with Gasteiger partial charge in [0.2, 0.25) is 0 Å². The fraction of sp³-hybridized carbons (Fsp3) is 0.0714. The Balaban J connectivity index is 2.40. The van der Waals surface area contributed by atoms with Gasteiger partial charge in [-0.15, -0.1) is 0 Å². The summed E-state index contributed by atoms with van der Waals surface area (Å²) in [5.41, 5.74) is 1.62. The van der Waals surface area contributed by atoms with Gasteiger partial charge in [0.25, 0.3) is 0 Å². The Morgan fingerprint density at radius 3 is 2.35 bits per heavy atom. The van der Waals surface area contributed by atoms with Gasteiger partial charge < -0.3 is 5.11 Å². The number of hydrogen-bond acceptors (Lipinski definition) is 2. The van der Waals surface area contributed by atoms with Gasteiger partial charge in [-0.2, -0.15) is 0 Å². The maximum Gasteiger partial charge on any atom is 0.196 e. The number of carbonyl (C=O) groups excluding carboxylic acids is 1. The summed E-state index contributed by atoms with van der Waals surface area (Å²) in [5, 5.41) is 9.52. The normalized spacial score (nSPS) is 10.2. The summed E-state index contributed by atoms with van der Waals surface area (Å²) < 4.78 is 12.8. The number of aryl methyl sites for hydroxylation is 1. The molecule has 0 saturated heterocycles. The van der Waals surface area contributed by atoms with E-state index in [1.807, 2.05) is 19.1 Å². The molecule has 0 radical (unpaired) electrons. The van der Waals surface area contributed by atoms with Gasteiger partial charge in [-0.3, -0.25) is 4.79 Å². The molecule has 0 heterocycles. The number of rotatable bonds is 2. The second-order valence-electron chi connectivity index (χ2n) is 3.86. The van der Waals surface area contributed by atoms with Crippen LogP contribution in [0, 0.1) is 12.7 Å². The van der Waals surface area contributed by atoms with E-state index in [-0.39, 0.29) is 17.1 Å². The lowest BCUT2D eigenvalue weighted by Crippen LogP contribution is -2.01. The molecule has 3 heteroatoms. The molecule has 1 N–H and O–H groups in total. The standard InChI is InChI=1S/C14H11FO2/c1-9-2-4-10(5-3-9)14(17)12-7-6-11(15)8-13(12)16/h2-8,16H,1H3. The van der Waals surface area contributed by atoms with Crippen LogP contribution in [-0.2, 0) is 0 Å². The smallest absolute Gasteiger partial charge is 0.196 e. The van der Waals surface area contributed by atoms with E-state index < -0.39 is 5.82 Å². The molecule has 0 aliphatic rings. The van der Waals surface area contributed by atoms with Gasteiger partial charge in [0, 0.05) is 11.6 Å². The third-order valence-electron chi connectivity index (χ3n) is 2.52. The number of hydrogen-bond donors (Lipinski definition) is 1. The first-order valence-electron chi connectivity index (χ1n) is 5.18. The van der Waals surface area contributed by atoms with Crippen molar-refractivity contribution in [3.63, 3.8) is 0 Å². The van der Waals surface area contributed by atoms with Crippen LogP contribution in [0.15, 0.2) is 42.5 Å². The van der Waals surface area contributed by atoms with Crippen molar-refractivity contribution in [1.82, 2.24) is 0 Å². The predicted octanol–water partition coefficient (Wildman–Crippen LogP) is 3.07. The average Bonchev–Trinajstić information content (AvgIpc) is 2.29. The number of benzene rings is 2. The average molecular weight is 230 g/mol. The van der Waals surface area contributed by atoms with Crippen molar-refractivity contribution in [3.8, 4) is 5.75 Å². The maximum atomic E-state index is 12.8. The molecule has 17 heavy (non-hydrogen) atoms. The summed E-state index contributed by atoms with van der Waals surface area (Å²) in [7, 11) is 0. The van der Waals surface area contributed by atoms with E-state index in [4.69, 9.17) is 0 Å². The SMILES string of the molecule is Cc1ccc(C(=O)c2ccc(F)cc2O)cc1. The highest BCUT2D eigenvalue weighted by molar-refractivity contribution is 6.10. The van der Waals surface area contributed by atoms with Gasteiger partial charge in [0.15, 0.2) is 5.78 Å². The minimum absolute atomic E-state index is 0.107. The zero-order valence-corrected chi connectivity index (χ0v) is 9.27. The Bertz CT molecular complexity index is 559. The van der Waals surface area contributed by atoms with E-state index in [0.29, 0.717) is 5.56 Å². The highest BCUT2D eigenvalue weighted by Gasteiger charge is 2.13. The molecule has 0 aliphatic carbocycles. The van der Waals surface area contributed by atoms with Gasteiger partial charge in [-0.1, -0.05) is 29.8 Å². The molecule has 0 spiro atoms. The van der Waals surface area contributed by atoms with E-state index in [0.717, 1.165) is 17.7 Å². The largest absolute Gasteiger partial charge is 0.507 e. The molecule has 0 unspecified atom stereocenters. The number of phenolic OH excluding ortho intramolecular Hbond substituents is 1. The zero-order valence-electron chi connectivity index (χ0n) is 9.27. The second-order valence-corrected chi connectivity index (χ2v) is 3.86. The van der Waals surface area contributed by atoms with E-state index in [2.05, 4.69) is 0 Å². The molecule has 86 valence electrons. The molecule has 2 aromatic carbocycles. The van der Waals surface area contributed by atoms with Crippen molar-refractivity contribution in [1.29, 1.82) is 0 Å². The van der Waals surface area contributed by atoms with Crippen molar-refractivity contribution >= 4 is 5.78 Å². The van der Waals surface area contributed by atoms with Crippen molar-refractivity contribution < 1.29 is 14.3 Å². The summed E-state index contributed by atoms with van der Waals surface area (Å²) in [6, 6.07) is 10.4. The molecular weight excluding hydrogens is 219 g/mol. The molecule has 0 amide bonds. The second kappa shape index (κ2) is 4.37. The molecule has 2 nitrogen and oxygen atoms in total. The molecule has 2 rings (SSSR count). The molecule has 0 saturated carbocycles. The molecule has 0 atom stereocenters. The van der Waals surface area contributed by atoms with Crippen LogP contribution in [0.25, 0.3) is 0 Å². The lowest BCUT2D eigenvalue weighted by molar-refractivity contribution is 0.103. The molecule has 0 bridgehead atoms. The molecule has 0 aliphatic heterocycles. The zero-order chi connectivity index (χ0) is 12.4. The number of phenols is 1. The minimum atomic E-state index is -0.567. The Morgan fingerprint density at radius 2 is 1.76 bits per heavy atom. The predicted molar refractivity (Wildman–Crippen MR) is 62.7 cm³/mol. The van der Waals surface area contributed by atoms with E-state index in [9.17, 15) is 14.3 Å². The summed E-state index contributed by atoms with van der Waals surface area (Å²) in [4.78, 5) is 12.0. The van der Waals surface area contributed by atoms with Crippen LogP contribution in [0.4, 0.5) is 4.39 Å².